The zero-order valence-electron chi connectivity index (χ0n) is 28.3. The third-order valence-electron chi connectivity index (χ3n) is 12.0. The molecule has 0 saturated heterocycles. The molecule has 0 aromatic heterocycles. The van der Waals surface area contributed by atoms with Gasteiger partial charge in [-0.3, -0.25) is 19.7 Å². The first kappa shape index (κ1) is 34.1. The maximum Gasteiger partial charge on any atom is 0.243 e. The Bertz CT molecular complexity index is 1510. The SMILES string of the molecule is CCCc1ccc(O)cc1[C@@]1(C)CCC[C@](C)(C(=O)NC(=O)[C@@]2(C)CCC[C@]3(C)c4cc(NC(=O)[C@@H](N)CO)ccc4CC[C@@H]23)C1. The molecule has 8 nitrogen and oxygen atoms in total. The maximum atomic E-state index is 14.3. The second kappa shape index (κ2) is 12.8. The minimum atomic E-state index is -0.999. The number of hydrogen-bond donors (Lipinski definition) is 5. The molecule has 8 heteroatoms. The van der Waals surface area contributed by atoms with E-state index in [0.29, 0.717) is 24.9 Å². The summed E-state index contributed by atoms with van der Waals surface area (Å²) in [5.41, 5.74) is 9.00. The Kier molecular flexibility index (Phi) is 9.46. The number of aryl methyl sites for hydroxylation is 2. The summed E-state index contributed by atoms with van der Waals surface area (Å²) in [7, 11) is 0. The molecule has 2 aromatic rings. The Morgan fingerprint density at radius 3 is 2.41 bits per heavy atom. The smallest absolute Gasteiger partial charge is 0.243 e. The molecule has 46 heavy (non-hydrogen) atoms. The van der Waals surface area contributed by atoms with Crippen molar-refractivity contribution in [1.82, 2.24) is 5.32 Å². The van der Waals surface area contributed by atoms with E-state index in [9.17, 15) is 24.6 Å². The van der Waals surface area contributed by atoms with Gasteiger partial charge in [0, 0.05) is 11.1 Å². The maximum absolute atomic E-state index is 14.3. The molecule has 2 aromatic carbocycles. The van der Waals surface area contributed by atoms with Gasteiger partial charge >= 0.3 is 0 Å². The number of imide groups is 1. The summed E-state index contributed by atoms with van der Waals surface area (Å²) in [6.45, 7) is 10.2. The number of aliphatic hydroxyl groups is 1. The fraction of sp³-hybridized carbons (Fsp3) is 0.605. The number of aromatic hydroxyl groups is 1. The topological polar surface area (TPSA) is 142 Å². The molecule has 5 rings (SSSR count). The van der Waals surface area contributed by atoms with E-state index in [1.165, 1.54) is 11.1 Å². The van der Waals surface area contributed by atoms with E-state index in [0.717, 1.165) is 62.5 Å². The highest BCUT2D eigenvalue weighted by atomic mass is 16.3. The van der Waals surface area contributed by atoms with Gasteiger partial charge in [-0.2, -0.15) is 0 Å². The average Bonchev–Trinajstić information content (AvgIpc) is 3.01. The van der Waals surface area contributed by atoms with Gasteiger partial charge in [0.15, 0.2) is 0 Å². The number of aliphatic hydroxyl groups excluding tert-OH is 1. The highest BCUT2D eigenvalue weighted by molar-refractivity contribution is 6.00. The predicted octanol–water partition coefficient (Wildman–Crippen LogP) is 5.79. The number of carbonyl (C=O) groups is 3. The molecule has 2 saturated carbocycles. The molecule has 3 aliphatic rings. The highest BCUT2D eigenvalue weighted by Gasteiger charge is 2.56. The Balaban J connectivity index is 1.37. The van der Waals surface area contributed by atoms with Crippen LogP contribution in [-0.4, -0.2) is 40.6 Å². The lowest BCUT2D eigenvalue weighted by Gasteiger charge is -2.54. The van der Waals surface area contributed by atoms with Crippen molar-refractivity contribution in [3.05, 3.63) is 58.7 Å². The number of rotatable bonds is 8. The summed E-state index contributed by atoms with van der Waals surface area (Å²) >= 11 is 0. The summed E-state index contributed by atoms with van der Waals surface area (Å²) in [5.74, 6) is -0.561. The molecule has 3 aliphatic carbocycles. The first-order valence-electron chi connectivity index (χ1n) is 17.2. The lowest BCUT2D eigenvalue weighted by Crippen LogP contribution is -2.58. The van der Waals surface area contributed by atoms with Gasteiger partial charge in [0.25, 0.3) is 0 Å². The van der Waals surface area contributed by atoms with Crippen molar-refractivity contribution in [1.29, 1.82) is 0 Å². The van der Waals surface area contributed by atoms with E-state index in [1.807, 2.05) is 44.2 Å². The minimum Gasteiger partial charge on any atom is -0.508 e. The normalized spacial score (nSPS) is 31.2. The Hall–Kier alpha value is -3.23. The van der Waals surface area contributed by atoms with Crippen molar-refractivity contribution >= 4 is 23.4 Å². The molecule has 0 radical (unpaired) electrons. The Morgan fingerprint density at radius 1 is 0.957 bits per heavy atom. The molecule has 6 atom stereocenters. The number of nitrogens with one attached hydrogen (secondary N) is 2. The van der Waals surface area contributed by atoms with Crippen LogP contribution < -0.4 is 16.4 Å². The third-order valence-corrected chi connectivity index (χ3v) is 12.0. The monoisotopic (exact) mass is 631 g/mol. The van der Waals surface area contributed by atoms with E-state index in [4.69, 9.17) is 5.73 Å². The second-order valence-corrected chi connectivity index (χ2v) is 15.5. The Morgan fingerprint density at radius 2 is 1.70 bits per heavy atom. The molecule has 250 valence electrons. The first-order valence-corrected chi connectivity index (χ1v) is 17.2. The lowest BCUT2D eigenvalue weighted by atomic mass is 9.49. The molecular weight excluding hydrogens is 578 g/mol. The Labute approximate surface area is 273 Å². The summed E-state index contributed by atoms with van der Waals surface area (Å²) in [6.07, 6.45) is 9.16. The second-order valence-electron chi connectivity index (χ2n) is 15.5. The average molecular weight is 632 g/mol. The number of fused-ring (bicyclic) bond motifs is 3. The number of amides is 3. The molecular formula is C38H53N3O5. The molecule has 3 amide bonds. The molecule has 0 unspecified atom stereocenters. The van der Waals surface area contributed by atoms with Crippen LogP contribution in [0.3, 0.4) is 0 Å². The van der Waals surface area contributed by atoms with Crippen molar-refractivity contribution in [2.24, 2.45) is 22.5 Å². The molecule has 6 N–H and O–H groups in total. The van der Waals surface area contributed by atoms with Crippen LogP contribution in [-0.2, 0) is 38.1 Å². The van der Waals surface area contributed by atoms with Crippen molar-refractivity contribution in [3.8, 4) is 5.75 Å². The van der Waals surface area contributed by atoms with Gasteiger partial charge in [-0.05, 0) is 115 Å². The highest BCUT2D eigenvalue weighted by Crippen LogP contribution is 2.58. The fourth-order valence-corrected chi connectivity index (χ4v) is 9.47. The van der Waals surface area contributed by atoms with E-state index in [-0.39, 0.29) is 34.3 Å². The van der Waals surface area contributed by atoms with Gasteiger partial charge < -0.3 is 21.3 Å². The number of benzene rings is 2. The van der Waals surface area contributed by atoms with Gasteiger partial charge in [-0.15, -0.1) is 0 Å². The van der Waals surface area contributed by atoms with Crippen LogP contribution in [0.1, 0.15) is 115 Å². The van der Waals surface area contributed by atoms with Crippen LogP contribution in [0, 0.1) is 16.7 Å². The van der Waals surface area contributed by atoms with Gasteiger partial charge in [0.2, 0.25) is 17.7 Å². The summed E-state index contributed by atoms with van der Waals surface area (Å²) in [6, 6.07) is 10.6. The van der Waals surface area contributed by atoms with Crippen LogP contribution in [0.5, 0.6) is 5.75 Å². The summed E-state index contributed by atoms with van der Waals surface area (Å²) in [5, 5.41) is 25.5. The van der Waals surface area contributed by atoms with Crippen molar-refractivity contribution < 1.29 is 24.6 Å². The zero-order valence-corrected chi connectivity index (χ0v) is 28.3. The van der Waals surface area contributed by atoms with Crippen LogP contribution in [0.2, 0.25) is 0 Å². The van der Waals surface area contributed by atoms with Crippen LogP contribution >= 0.6 is 0 Å². The van der Waals surface area contributed by atoms with Crippen LogP contribution in [0.4, 0.5) is 5.69 Å². The van der Waals surface area contributed by atoms with E-state index in [2.05, 4.69) is 31.4 Å². The molecule has 0 bridgehead atoms. The standard InChI is InChI=1S/C38H53N3O5/c1-6-9-24-11-14-27(43)21-28(24)35(2)16-7-17-36(3,23-35)33(45)41-34(46)38(5)19-8-18-37(4)29-20-26(40-32(44)30(39)22-42)13-10-25(29)12-15-31(37)38/h10-11,13-14,20-21,30-31,42-43H,6-9,12,15-19,22-23,39H2,1-5H3,(H,40,44)(H,41,45,46)/t30-,31+,35-,36-,37+,38-/m0/s1. The van der Waals surface area contributed by atoms with Gasteiger partial charge in [0.1, 0.15) is 11.8 Å². The van der Waals surface area contributed by atoms with Crippen LogP contribution in [0.25, 0.3) is 0 Å². The summed E-state index contributed by atoms with van der Waals surface area (Å²) < 4.78 is 0. The number of anilines is 1. The fourth-order valence-electron chi connectivity index (χ4n) is 9.47. The number of phenolic OH excluding ortho intramolecular Hbond substituents is 1. The lowest BCUT2D eigenvalue weighted by molar-refractivity contribution is -0.147. The van der Waals surface area contributed by atoms with Crippen molar-refractivity contribution in [2.75, 3.05) is 11.9 Å². The van der Waals surface area contributed by atoms with Crippen molar-refractivity contribution in [2.45, 2.75) is 122 Å². The predicted molar refractivity (Wildman–Crippen MR) is 180 cm³/mol. The largest absolute Gasteiger partial charge is 0.508 e. The third kappa shape index (κ3) is 6.11. The first-order chi connectivity index (χ1) is 21.7. The van der Waals surface area contributed by atoms with Gasteiger partial charge in [-0.25, -0.2) is 0 Å². The number of nitrogens with two attached hydrogens (primary N) is 1. The number of carbonyl (C=O) groups excluding carboxylic acids is 3. The van der Waals surface area contributed by atoms with E-state index >= 15 is 0 Å². The number of hydrogen-bond acceptors (Lipinski definition) is 6. The van der Waals surface area contributed by atoms with Gasteiger partial charge in [0.05, 0.1) is 12.0 Å². The quantitative estimate of drug-likeness (QED) is 0.234. The molecule has 2 fully saturated rings. The van der Waals surface area contributed by atoms with E-state index in [1.54, 1.807) is 6.07 Å². The number of phenols is 1. The van der Waals surface area contributed by atoms with Crippen molar-refractivity contribution in [3.63, 3.8) is 0 Å². The van der Waals surface area contributed by atoms with E-state index < -0.39 is 29.4 Å². The molecule has 0 spiro atoms. The van der Waals surface area contributed by atoms with Crippen LogP contribution in [0.15, 0.2) is 36.4 Å². The minimum absolute atomic E-state index is 0.0213. The van der Waals surface area contributed by atoms with Gasteiger partial charge in [-0.1, -0.05) is 66.0 Å². The zero-order chi connectivity index (χ0) is 33.5. The molecule has 0 aliphatic heterocycles. The molecule has 0 heterocycles. The summed E-state index contributed by atoms with van der Waals surface area (Å²) in [4.78, 5) is 40.8.